The maximum Gasteiger partial charge on any atom is 0.219 e. The highest BCUT2D eigenvalue weighted by molar-refractivity contribution is 5.73. The lowest BCUT2D eigenvalue weighted by Crippen LogP contribution is -2.41. The molecule has 2 aliphatic heterocycles. The molecule has 1 aromatic heterocycles. The number of carbonyl (C=O) groups excluding carboxylic acids is 1. The molecular weight excluding hydrogens is 454 g/mol. The molecule has 7 nitrogen and oxygen atoms in total. The predicted molar refractivity (Wildman–Crippen MR) is 126 cm³/mol. The summed E-state index contributed by atoms with van der Waals surface area (Å²) >= 11 is 0. The maximum absolute atomic E-state index is 14.0. The standard InChI is InChI=1S/C26H32F2N4O3/c1-16(33)32-13-10-22-23(15-32)29-25(17-2-5-19(34)6-3-17)26(30-22)31-11-8-20(9-12-31)35-24-7-4-18(27)14-21(24)28/h4,7,14,17,19-20,34H,2-3,5-6,8-13,15H2,1H3. The smallest absolute Gasteiger partial charge is 0.219 e. The number of anilines is 1. The van der Waals surface area contributed by atoms with Crippen molar-refractivity contribution in [3.05, 3.63) is 46.9 Å². The first-order valence-electron chi connectivity index (χ1n) is 12.6. The van der Waals surface area contributed by atoms with Gasteiger partial charge < -0.3 is 19.6 Å². The number of aliphatic hydroxyl groups excluding tert-OH is 1. The zero-order valence-electron chi connectivity index (χ0n) is 20.1. The van der Waals surface area contributed by atoms with Gasteiger partial charge in [-0.3, -0.25) is 4.79 Å². The minimum atomic E-state index is -0.686. The average molecular weight is 487 g/mol. The number of nitrogens with zero attached hydrogens (tertiary/aromatic N) is 4. The average Bonchev–Trinajstić information content (AvgIpc) is 2.85. The van der Waals surface area contributed by atoms with Crippen LogP contribution in [0.4, 0.5) is 14.6 Å². The van der Waals surface area contributed by atoms with Crippen molar-refractivity contribution in [1.82, 2.24) is 14.9 Å². The van der Waals surface area contributed by atoms with Crippen LogP contribution in [0, 0.1) is 11.6 Å². The second-order valence-corrected chi connectivity index (χ2v) is 9.90. The molecule has 1 aromatic carbocycles. The molecule has 2 fully saturated rings. The van der Waals surface area contributed by atoms with Crippen LogP contribution in [0.2, 0.25) is 0 Å². The van der Waals surface area contributed by atoms with E-state index in [2.05, 4.69) is 4.90 Å². The molecule has 1 amide bonds. The molecule has 35 heavy (non-hydrogen) atoms. The molecule has 1 saturated heterocycles. The summed E-state index contributed by atoms with van der Waals surface area (Å²) in [6.45, 7) is 4.11. The van der Waals surface area contributed by atoms with Gasteiger partial charge in [0.2, 0.25) is 5.91 Å². The third kappa shape index (κ3) is 5.24. The van der Waals surface area contributed by atoms with E-state index in [1.807, 2.05) is 4.90 Å². The van der Waals surface area contributed by atoms with Gasteiger partial charge in [0.1, 0.15) is 11.9 Å². The Morgan fingerprint density at radius 1 is 1.03 bits per heavy atom. The molecule has 1 saturated carbocycles. The van der Waals surface area contributed by atoms with Crippen molar-refractivity contribution in [3.63, 3.8) is 0 Å². The van der Waals surface area contributed by atoms with Gasteiger partial charge in [0, 0.05) is 57.8 Å². The minimum absolute atomic E-state index is 0.0449. The summed E-state index contributed by atoms with van der Waals surface area (Å²) in [5, 5.41) is 10.0. The SMILES string of the molecule is CC(=O)N1CCc2nc(N3CCC(Oc4ccc(F)cc4F)CC3)c(C3CCC(O)CC3)nc2C1. The number of benzene rings is 1. The number of aliphatic hydroxyl groups is 1. The second kappa shape index (κ2) is 10.0. The van der Waals surface area contributed by atoms with E-state index in [9.17, 15) is 18.7 Å². The Labute approximate surface area is 204 Å². The Bertz CT molecular complexity index is 1080. The van der Waals surface area contributed by atoms with Crippen LogP contribution in [-0.4, -0.2) is 57.7 Å². The number of hydrogen-bond donors (Lipinski definition) is 1. The lowest BCUT2D eigenvalue weighted by Gasteiger charge is -2.37. The Morgan fingerprint density at radius 2 is 1.77 bits per heavy atom. The van der Waals surface area contributed by atoms with Gasteiger partial charge in [-0.25, -0.2) is 18.7 Å². The van der Waals surface area contributed by atoms with E-state index in [0.717, 1.165) is 54.6 Å². The van der Waals surface area contributed by atoms with Crippen LogP contribution in [0.15, 0.2) is 18.2 Å². The van der Waals surface area contributed by atoms with Crippen LogP contribution in [-0.2, 0) is 17.8 Å². The Kier molecular flexibility index (Phi) is 6.86. The summed E-state index contributed by atoms with van der Waals surface area (Å²) < 4.78 is 33.1. The molecule has 0 bridgehead atoms. The quantitative estimate of drug-likeness (QED) is 0.710. The highest BCUT2D eigenvalue weighted by Crippen LogP contribution is 2.38. The normalized spacial score (nSPS) is 23.2. The summed E-state index contributed by atoms with van der Waals surface area (Å²) in [4.78, 5) is 26.1. The van der Waals surface area contributed by atoms with Gasteiger partial charge in [0.05, 0.1) is 29.7 Å². The fourth-order valence-corrected chi connectivity index (χ4v) is 5.40. The van der Waals surface area contributed by atoms with Crippen molar-refractivity contribution < 1.29 is 23.4 Å². The Morgan fingerprint density at radius 3 is 2.46 bits per heavy atom. The van der Waals surface area contributed by atoms with E-state index < -0.39 is 11.6 Å². The lowest BCUT2D eigenvalue weighted by molar-refractivity contribution is -0.129. The molecule has 9 heteroatoms. The Balaban J connectivity index is 1.35. The topological polar surface area (TPSA) is 78.8 Å². The van der Waals surface area contributed by atoms with Gasteiger partial charge in [-0.2, -0.15) is 0 Å². The van der Waals surface area contributed by atoms with Crippen LogP contribution in [0.25, 0.3) is 0 Å². The monoisotopic (exact) mass is 486 g/mol. The molecule has 188 valence electrons. The first-order valence-corrected chi connectivity index (χ1v) is 12.6. The maximum atomic E-state index is 14.0. The summed E-state index contributed by atoms with van der Waals surface area (Å²) in [5.41, 5.74) is 2.79. The van der Waals surface area contributed by atoms with Crippen molar-refractivity contribution in [2.75, 3.05) is 24.5 Å². The molecule has 3 heterocycles. The van der Waals surface area contributed by atoms with Crippen LogP contribution < -0.4 is 9.64 Å². The summed E-state index contributed by atoms with van der Waals surface area (Å²) in [5.74, 6) is -0.0633. The molecule has 3 aliphatic rings. The highest BCUT2D eigenvalue weighted by atomic mass is 19.1. The van der Waals surface area contributed by atoms with Crippen molar-refractivity contribution in [1.29, 1.82) is 0 Å². The van der Waals surface area contributed by atoms with Gasteiger partial charge in [-0.1, -0.05) is 0 Å². The third-order valence-electron chi connectivity index (χ3n) is 7.48. The number of rotatable bonds is 4. The molecule has 0 spiro atoms. The largest absolute Gasteiger partial charge is 0.487 e. The zero-order chi connectivity index (χ0) is 24.5. The van der Waals surface area contributed by atoms with Gasteiger partial charge >= 0.3 is 0 Å². The number of halogens is 2. The van der Waals surface area contributed by atoms with E-state index in [1.165, 1.54) is 12.1 Å². The van der Waals surface area contributed by atoms with E-state index in [1.54, 1.807) is 6.92 Å². The van der Waals surface area contributed by atoms with Crippen LogP contribution >= 0.6 is 0 Å². The molecule has 0 radical (unpaired) electrons. The second-order valence-electron chi connectivity index (χ2n) is 9.90. The number of carbonyl (C=O) groups is 1. The lowest BCUT2D eigenvalue weighted by atomic mass is 9.84. The van der Waals surface area contributed by atoms with Crippen LogP contribution in [0.3, 0.4) is 0 Å². The molecule has 5 rings (SSSR count). The van der Waals surface area contributed by atoms with E-state index in [0.29, 0.717) is 45.4 Å². The first kappa shape index (κ1) is 23.9. The van der Waals surface area contributed by atoms with Crippen LogP contribution in [0.5, 0.6) is 5.75 Å². The van der Waals surface area contributed by atoms with Gasteiger partial charge in [-0.05, 0) is 37.8 Å². The van der Waals surface area contributed by atoms with Gasteiger partial charge in [-0.15, -0.1) is 0 Å². The molecular formula is C26H32F2N4O3. The molecule has 1 aliphatic carbocycles. The van der Waals surface area contributed by atoms with Crippen molar-refractivity contribution in [3.8, 4) is 5.75 Å². The zero-order valence-corrected chi connectivity index (χ0v) is 20.1. The number of aromatic nitrogens is 2. The fraction of sp³-hybridized carbons (Fsp3) is 0.577. The fourth-order valence-electron chi connectivity index (χ4n) is 5.40. The molecule has 0 unspecified atom stereocenters. The Hall–Kier alpha value is -2.81. The number of hydrogen-bond acceptors (Lipinski definition) is 6. The van der Waals surface area contributed by atoms with E-state index in [4.69, 9.17) is 14.7 Å². The van der Waals surface area contributed by atoms with Gasteiger partial charge in [0.15, 0.2) is 17.4 Å². The summed E-state index contributed by atoms with van der Waals surface area (Å²) in [6.07, 6.45) is 4.88. The highest BCUT2D eigenvalue weighted by Gasteiger charge is 2.32. The molecule has 0 atom stereocenters. The third-order valence-corrected chi connectivity index (χ3v) is 7.48. The summed E-state index contributed by atoms with van der Waals surface area (Å²) in [6, 6.07) is 3.39. The molecule has 2 aromatic rings. The van der Waals surface area contributed by atoms with Crippen molar-refractivity contribution in [2.45, 2.75) is 76.5 Å². The van der Waals surface area contributed by atoms with Crippen LogP contribution in [0.1, 0.15) is 68.4 Å². The first-order chi connectivity index (χ1) is 16.9. The molecule has 1 N–H and O–H groups in total. The van der Waals surface area contributed by atoms with Crippen molar-refractivity contribution in [2.24, 2.45) is 0 Å². The number of fused-ring (bicyclic) bond motifs is 1. The number of ether oxygens (including phenoxy) is 1. The van der Waals surface area contributed by atoms with E-state index in [-0.39, 0.29) is 29.8 Å². The number of piperidine rings is 1. The van der Waals surface area contributed by atoms with E-state index >= 15 is 0 Å². The van der Waals surface area contributed by atoms with Gasteiger partial charge in [0.25, 0.3) is 0 Å². The summed E-state index contributed by atoms with van der Waals surface area (Å²) in [7, 11) is 0. The van der Waals surface area contributed by atoms with Crippen molar-refractivity contribution >= 4 is 11.7 Å². The predicted octanol–water partition coefficient (Wildman–Crippen LogP) is 3.73. The number of amides is 1. The minimum Gasteiger partial charge on any atom is -0.487 e.